The van der Waals surface area contributed by atoms with Crippen LogP contribution in [0.3, 0.4) is 0 Å². The number of carbonyl (C=O) groups excluding carboxylic acids is 2. The van der Waals surface area contributed by atoms with E-state index in [0.29, 0.717) is 34.9 Å². The second kappa shape index (κ2) is 8.68. The van der Waals surface area contributed by atoms with Gasteiger partial charge in [-0.05, 0) is 25.5 Å². The number of benzene rings is 2. The maximum absolute atomic E-state index is 12.4. The van der Waals surface area contributed by atoms with Crippen LogP contribution >= 0.6 is 0 Å². The van der Waals surface area contributed by atoms with Crippen LogP contribution in [0.1, 0.15) is 29.7 Å². The van der Waals surface area contributed by atoms with Gasteiger partial charge in [0.15, 0.2) is 11.5 Å². The van der Waals surface area contributed by atoms with Crippen molar-refractivity contribution in [2.24, 2.45) is 0 Å². The molecule has 2 amide bonds. The third kappa shape index (κ3) is 4.34. The molecule has 1 aliphatic rings. The lowest BCUT2D eigenvalue weighted by atomic mass is 9.94. The Morgan fingerprint density at radius 1 is 1.10 bits per heavy atom. The number of urea groups is 1. The number of amides is 2. The zero-order valence-electron chi connectivity index (χ0n) is 16.9. The standard InChI is InChI=1S/C22H24N2O5/c1-13-7-5-8-15(11-13)12-29-20-16(9-6-10-17(20)27-3)19-18(21(25)28-4)14(2)23-22(26)24-19/h5-11,19H,12H2,1-4H3,(H2,23,24,26). The summed E-state index contributed by atoms with van der Waals surface area (Å²) in [6.45, 7) is 3.98. The molecule has 0 aliphatic carbocycles. The fraction of sp³-hybridized carbons (Fsp3) is 0.273. The summed E-state index contributed by atoms with van der Waals surface area (Å²) in [5, 5.41) is 5.40. The summed E-state index contributed by atoms with van der Waals surface area (Å²) in [5.74, 6) is 0.426. The summed E-state index contributed by atoms with van der Waals surface area (Å²) < 4.78 is 16.5. The van der Waals surface area contributed by atoms with Crippen LogP contribution in [-0.2, 0) is 16.1 Å². The summed E-state index contributed by atoms with van der Waals surface area (Å²) in [6.07, 6.45) is 0. The van der Waals surface area contributed by atoms with Crippen LogP contribution in [0.15, 0.2) is 53.7 Å². The van der Waals surface area contributed by atoms with E-state index < -0.39 is 18.0 Å². The molecule has 1 heterocycles. The molecule has 1 unspecified atom stereocenters. The van der Waals surface area contributed by atoms with Crippen LogP contribution in [-0.4, -0.2) is 26.2 Å². The number of ether oxygens (including phenoxy) is 3. The van der Waals surface area contributed by atoms with E-state index in [1.807, 2.05) is 31.2 Å². The Morgan fingerprint density at radius 2 is 1.86 bits per heavy atom. The number of rotatable bonds is 6. The van der Waals surface area contributed by atoms with Gasteiger partial charge in [0.05, 0.1) is 25.8 Å². The fourth-order valence-corrected chi connectivity index (χ4v) is 3.34. The van der Waals surface area contributed by atoms with Gasteiger partial charge in [0.25, 0.3) is 0 Å². The van der Waals surface area contributed by atoms with E-state index in [2.05, 4.69) is 10.6 Å². The normalized spacial score (nSPS) is 16.0. The van der Waals surface area contributed by atoms with E-state index in [1.54, 1.807) is 32.2 Å². The third-order valence-corrected chi connectivity index (χ3v) is 4.68. The monoisotopic (exact) mass is 396 g/mol. The zero-order valence-corrected chi connectivity index (χ0v) is 16.9. The van der Waals surface area contributed by atoms with E-state index >= 15 is 0 Å². The molecule has 2 aromatic carbocycles. The summed E-state index contributed by atoms with van der Waals surface area (Å²) in [7, 11) is 2.85. The molecule has 0 spiro atoms. The molecule has 0 bridgehead atoms. The largest absolute Gasteiger partial charge is 0.493 e. The van der Waals surface area contributed by atoms with E-state index in [4.69, 9.17) is 14.2 Å². The first kappa shape index (κ1) is 20.3. The van der Waals surface area contributed by atoms with Gasteiger partial charge in [-0.1, -0.05) is 42.0 Å². The smallest absolute Gasteiger partial charge is 0.337 e. The van der Waals surface area contributed by atoms with E-state index in [-0.39, 0.29) is 0 Å². The van der Waals surface area contributed by atoms with Gasteiger partial charge in [-0.25, -0.2) is 9.59 Å². The van der Waals surface area contributed by atoms with Gasteiger partial charge in [0.1, 0.15) is 6.61 Å². The summed E-state index contributed by atoms with van der Waals surface area (Å²) >= 11 is 0. The van der Waals surface area contributed by atoms with E-state index in [9.17, 15) is 9.59 Å². The number of nitrogens with one attached hydrogen (secondary N) is 2. The first-order valence-electron chi connectivity index (χ1n) is 9.16. The predicted octanol–water partition coefficient (Wildman–Crippen LogP) is 3.38. The molecule has 0 saturated heterocycles. The zero-order chi connectivity index (χ0) is 21.0. The minimum atomic E-state index is -0.737. The lowest BCUT2D eigenvalue weighted by Crippen LogP contribution is -2.45. The van der Waals surface area contributed by atoms with Crippen LogP contribution in [0, 0.1) is 6.92 Å². The molecule has 29 heavy (non-hydrogen) atoms. The Balaban J connectivity index is 2.03. The minimum absolute atomic E-state index is 0.306. The van der Waals surface area contributed by atoms with Gasteiger partial charge in [-0.15, -0.1) is 0 Å². The maximum Gasteiger partial charge on any atom is 0.337 e. The Bertz CT molecular complexity index is 967. The number of carbonyl (C=O) groups is 2. The van der Waals surface area contributed by atoms with Gasteiger partial charge in [0, 0.05) is 11.3 Å². The molecular weight excluding hydrogens is 372 g/mol. The average molecular weight is 396 g/mol. The van der Waals surface area contributed by atoms with Crippen LogP contribution in [0.25, 0.3) is 0 Å². The van der Waals surface area contributed by atoms with Gasteiger partial charge in [-0.3, -0.25) is 0 Å². The highest BCUT2D eigenvalue weighted by atomic mass is 16.5. The van der Waals surface area contributed by atoms with Crippen LogP contribution in [0.4, 0.5) is 4.79 Å². The number of para-hydroxylation sites is 1. The highest BCUT2D eigenvalue weighted by Crippen LogP contribution is 2.39. The van der Waals surface area contributed by atoms with Gasteiger partial charge in [-0.2, -0.15) is 0 Å². The van der Waals surface area contributed by atoms with Crippen molar-refractivity contribution >= 4 is 12.0 Å². The Hall–Kier alpha value is -3.48. The third-order valence-electron chi connectivity index (χ3n) is 4.68. The Morgan fingerprint density at radius 3 is 2.55 bits per heavy atom. The number of methoxy groups -OCH3 is 2. The molecule has 1 atom stereocenters. The van der Waals surface area contributed by atoms with Crippen molar-refractivity contribution in [2.45, 2.75) is 26.5 Å². The number of allylic oxidation sites excluding steroid dienone is 1. The topological polar surface area (TPSA) is 85.9 Å². The molecule has 0 saturated carbocycles. The van der Waals surface area contributed by atoms with Crippen LogP contribution in [0.2, 0.25) is 0 Å². The van der Waals surface area contributed by atoms with Crippen molar-refractivity contribution in [3.63, 3.8) is 0 Å². The molecule has 3 rings (SSSR count). The highest BCUT2D eigenvalue weighted by molar-refractivity contribution is 5.95. The molecular formula is C22H24N2O5. The SMILES string of the molecule is COC(=O)C1=C(C)NC(=O)NC1c1cccc(OC)c1OCc1cccc(C)c1. The Kier molecular flexibility index (Phi) is 6.07. The first-order chi connectivity index (χ1) is 13.9. The lowest BCUT2D eigenvalue weighted by molar-refractivity contribution is -0.136. The summed E-state index contributed by atoms with van der Waals surface area (Å²) in [6, 6.07) is 12.2. The van der Waals surface area contributed by atoms with Gasteiger partial charge in [0.2, 0.25) is 0 Å². The second-order valence-corrected chi connectivity index (χ2v) is 6.72. The van der Waals surface area contributed by atoms with Gasteiger partial charge < -0.3 is 24.8 Å². The number of esters is 1. The van der Waals surface area contributed by atoms with Crippen molar-refractivity contribution in [2.75, 3.05) is 14.2 Å². The van der Waals surface area contributed by atoms with Crippen LogP contribution < -0.4 is 20.1 Å². The molecule has 2 aromatic rings. The average Bonchev–Trinajstić information content (AvgIpc) is 2.71. The first-order valence-corrected chi connectivity index (χ1v) is 9.16. The van der Waals surface area contributed by atoms with Crippen molar-refractivity contribution in [1.29, 1.82) is 0 Å². The molecule has 0 aromatic heterocycles. The van der Waals surface area contributed by atoms with Crippen molar-refractivity contribution in [3.05, 3.63) is 70.4 Å². The highest BCUT2D eigenvalue weighted by Gasteiger charge is 2.34. The Labute approximate surface area is 169 Å². The molecule has 2 N–H and O–H groups in total. The maximum atomic E-state index is 12.4. The van der Waals surface area contributed by atoms with E-state index in [0.717, 1.165) is 11.1 Å². The second-order valence-electron chi connectivity index (χ2n) is 6.72. The molecule has 0 fully saturated rings. The molecule has 152 valence electrons. The number of aryl methyl sites for hydroxylation is 1. The van der Waals surface area contributed by atoms with Crippen LogP contribution in [0.5, 0.6) is 11.5 Å². The molecule has 7 nitrogen and oxygen atoms in total. The van der Waals surface area contributed by atoms with Crippen molar-refractivity contribution < 1.29 is 23.8 Å². The summed E-state index contributed by atoms with van der Waals surface area (Å²) in [4.78, 5) is 24.5. The van der Waals surface area contributed by atoms with E-state index in [1.165, 1.54) is 7.11 Å². The molecule has 1 aliphatic heterocycles. The van der Waals surface area contributed by atoms with Crippen molar-refractivity contribution in [1.82, 2.24) is 10.6 Å². The molecule has 7 heteroatoms. The number of hydrogen-bond donors (Lipinski definition) is 2. The van der Waals surface area contributed by atoms with Gasteiger partial charge >= 0.3 is 12.0 Å². The number of hydrogen-bond acceptors (Lipinski definition) is 5. The molecule has 0 radical (unpaired) electrons. The fourth-order valence-electron chi connectivity index (χ4n) is 3.34. The van der Waals surface area contributed by atoms with Crippen molar-refractivity contribution in [3.8, 4) is 11.5 Å². The minimum Gasteiger partial charge on any atom is -0.493 e. The predicted molar refractivity (Wildman–Crippen MR) is 108 cm³/mol. The quantitative estimate of drug-likeness (QED) is 0.731. The lowest BCUT2D eigenvalue weighted by Gasteiger charge is -2.29. The summed E-state index contributed by atoms with van der Waals surface area (Å²) in [5.41, 5.74) is 3.46.